The molecule has 1 spiro atoms. The quantitative estimate of drug-likeness (QED) is 0.249. The second-order valence-corrected chi connectivity index (χ2v) is 13.9. The molecule has 1 saturated carbocycles. The summed E-state index contributed by atoms with van der Waals surface area (Å²) in [4.78, 5) is 33.9. The van der Waals surface area contributed by atoms with Crippen LogP contribution in [0.15, 0.2) is 47.1 Å². The van der Waals surface area contributed by atoms with E-state index in [0.29, 0.717) is 37.4 Å². The number of ketones is 2. The molecule has 2 aliphatic heterocycles. The average Bonchev–Trinajstić information content (AvgIpc) is 3.40. The highest BCUT2D eigenvalue weighted by atomic mass is 19.1. The van der Waals surface area contributed by atoms with E-state index in [0.717, 1.165) is 62.3 Å². The number of carbonyl (C=O) groups excluding carboxylic acids is 2. The van der Waals surface area contributed by atoms with Crippen molar-refractivity contribution in [3.05, 3.63) is 71.2 Å². The molecule has 6 rings (SSSR count). The molecule has 0 atom stereocenters. The molecule has 1 aliphatic carbocycles. The Labute approximate surface area is 251 Å². The van der Waals surface area contributed by atoms with Gasteiger partial charge in [0.1, 0.15) is 23.1 Å². The topological polar surface area (TPSA) is 85.5 Å². The van der Waals surface area contributed by atoms with Crippen molar-refractivity contribution in [3.63, 3.8) is 0 Å². The van der Waals surface area contributed by atoms with Crippen molar-refractivity contribution >= 4 is 11.6 Å². The second-order valence-electron chi connectivity index (χ2n) is 13.9. The van der Waals surface area contributed by atoms with Crippen LogP contribution in [0.5, 0.6) is 0 Å². The Bertz CT molecular complexity index is 1510. The highest BCUT2D eigenvalue weighted by molar-refractivity contribution is 5.96. The molecule has 0 amide bonds. The van der Waals surface area contributed by atoms with E-state index in [2.05, 4.69) is 28.9 Å². The molecule has 1 aromatic carbocycles. The third-order valence-corrected chi connectivity index (χ3v) is 9.84. The zero-order chi connectivity index (χ0) is 30.4. The molecule has 3 fully saturated rings. The molecule has 9 heteroatoms. The lowest BCUT2D eigenvalue weighted by Crippen LogP contribution is -2.62. The number of benzene rings is 1. The number of rotatable bonds is 10. The van der Waals surface area contributed by atoms with Gasteiger partial charge in [0.25, 0.3) is 0 Å². The highest BCUT2D eigenvalue weighted by Crippen LogP contribution is 2.48. The summed E-state index contributed by atoms with van der Waals surface area (Å²) in [7, 11) is 0. The van der Waals surface area contributed by atoms with Crippen molar-refractivity contribution in [3.8, 4) is 11.3 Å². The summed E-state index contributed by atoms with van der Waals surface area (Å²) in [6.45, 7) is 9.14. The lowest BCUT2D eigenvalue weighted by Gasteiger charge is -2.56. The Morgan fingerprint density at radius 2 is 1.79 bits per heavy atom. The molecule has 228 valence electrons. The maximum Gasteiger partial charge on any atom is 0.185 e. The van der Waals surface area contributed by atoms with Crippen molar-refractivity contribution in [1.82, 2.24) is 15.0 Å². The molecule has 0 N–H and O–H groups in total. The Morgan fingerprint density at radius 3 is 2.44 bits per heavy atom. The first-order valence-electron chi connectivity index (χ1n) is 15.2. The van der Waals surface area contributed by atoms with E-state index in [4.69, 9.17) is 9.26 Å². The fraction of sp³-hybridized carbons (Fsp3) is 0.529. The number of hydrogen-bond donors (Lipinski definition) is 0. The van der Waals surface area contributed by atoms with Gasteiger partial charge in [-0.3, -0.25) is 19.5 Å². The summed E-state index contributed by atoms with van der Waals surface area (Å²) in [5.41, 5.74) is 1.57. The Hall–Kier alpha value is -3.30. The predicted octanol–water partition coefficient (Wildman–Crippen LogP) is 6.48. The number of hydrogen-bond acceptors (Lipinski definition) is 7. The van der Waals surface area contributed by atoms with E-state index >= 15 is 0 Å². The van der Waals surface area contributed by atoms with Crippen molar-refractivity contribution in [2.45, 2.75) is 77.2 Å². The van der Waals surface area contributed by atoms with Crippen LogP contribution in [0.25, 0.3) is 11.3 Å². The standard InChI is InChI=1S/C34H39F2N3O4/c1-22-12-23(8-11-37-22)32(2,3)15-26(40)16-34(18-39(19-34)25-6-9-33(10-7-25)20-42-21-33)17-30(41)29-14-31(43-38-29)27-5-4-24(35)13-28(27)36/h4-5,8,11-14,25H,6-7,9-10,15-21H2,1-3H3. The number of aromatic nitrogens is 2. The molecule has 0 bridgehead atoms. The van der Waals surface area contributed by atoms with Crippen LogP contribution in [0.4, 0.5) is 8.78 Å². The zero-order valence-electron chi connectivity index (χ0n) is 25.1. The summed E-state index contributed by atoms with van der Waals surface area (Å²) < 4.78 is 38.5. The molecule has 7 nitrogen and oxygen atoms in total. The van der Waals surface area contributed by atoms with Crippen LogP contribution in [0, 0.1) is 29.4 Å². The van der Waals surface area contributed by atoms with Crippen molar-refractivity contribution in [2.24, 2.45) is 10.8 Å². The van der Waals surface area contributed by atoms with Crippen LogP contribution in [0.2, 0.25) is 0 Å². The number of Topliss-reactive ketones (excluding diaryl/α,β-unsaturated/α-hetero) is 2. The molecule has 2 saturated heterocycles. The van der Waals surface area contributed by atoms with Gasteiger partial charge in [0.05, 0.1) is 18.8 Å². The summed E-state index contributed by atoms with van der Waals surface area (Å²) >= 11 is 0. The van der Waals surface area contributed by atoms with Crippen molar-refractivity contribution in [1.29, 1.82) is 0 Å². The molecule has 43 heavy (non-hydrogen) atoms. The first-order chi connectivity index (χ1) is 20.4. The van der Waals surface area contributed by atoms with Gasteiger partial charge in [-0.1, -0.05) is 19.0 Å². The Balaban J connectivity index is 1.17. The maximum atomic E-state index is 14.3. The number of halogens is 2. The number of aryl methyl sites for hydroxylation is 1. The molecular weight excluding hydrogens is 552 g/mol. The number of nitrogens with zero attached hydrogens (tertiary/aromatic N) is 3. The number of carbonyl (C=O) groups is 2. The fourth-order valence-electron chi connectivity index (χ4n) is 7.32. The van der Waals surface area contributed by atoms with Gasteiger partial charge in [-0.05, 0) is 67.9 Å². The van der Waals surface area contributed by atoms with Gasteiger partial charge in [0.2, 0.25) is 0 Å². The van der Waals surface area contributed by atoms with Gasteiger partial charge in [0, 0.05) is 73.2 Å². The van der Waals surface area contributed by atoms with Gasteiger partial charge in [-0.15, -0.1) is 0 Å². The van der Waals surface area contributed by atoms with Crippen LogP contribution in [-0.4, -0.2) is 59.0 Å². The number of ether oxygens (including phenoxy) is 1. The first kappa shape index (κ1) is 29.8. The van der Waals surface area contributed by atoms with Gasteiger partial charge in [-0.25, -0.2) is 8.78 Å². The Morgan fingerprint density at radius 1 is 1.05 bits per heavy atom. The summed E-state index contributed by atoms with van der Waals surface area (Å²) in [6, 6.07) is 8.99. The summed E-state index contributed by atoms with van der Waals surface area (Å²) in [5, 5.41) is 3.92. The van der Waals surface area contributed by atoms with E-state index < -0.39 is 17.0 Å². The van der Waals surface area contributed by atoms with Crippen molar-refractivity contribution in [2.75, 3.05) is 26.3 Å². The molecule has 3 aliphatic rings. The minimum absolute atomic E-state index is 0.0353. The SMILES string of the molecule is Cc1cc(C(C)(C)CC(=O)CC2(CC(=O)c3cc(-c4ccc(F)cc4F)on3)CN(C3CCC4(CC3)COC4)C2)ccn1. The van der Waals surface area contributed by atoms with E-state index in [-0.39, 0.29) is 40.4 Å². The molecule has 3 aromatic rings. The molecular formula is C34H39F2N3O4. The molecule has 2 aromatic heterocycles. The zero-order valence-corrected chi connectivity index (χ0v) is 25.1. The minimum atomic E-state index is -0.790. The van der Waals surface area contributed by atoms with Gasteiger partial charge in [-0.2, -0.15) is 0 Å². The average molecular weight is 592 g/mol. The van der Waals surface area contributed by atoms with Gasteiger partial charge >= 0.3 is 0 Å². The minimum Gasteiger partial charge on any atom is -0.380 e. The number of likely N-dealkylation sites (tertiary alicyclic amines) is 1. The highest BCUT2D eigenvalue weighted by Gasteiger charge is 2.51. The van der Waals surface area contributed by atoms with Gasteiger partial charge in [0.15, 0.2) is 11.5 Å². The molecule has 0 radical (unpaired) electrons. The lowest BCUT2D eigenvalue weighted by atomic mass is 9.66. The third kappa shape index (κ3) is 6.20. The van der Waals surface area contributed by atoms with Crippen LogP contribution in [-0.2, 0) is 14.9 Å². The van der Waals surface area contributed by atoms with Crippen LogP contribution >= 0.6 is 0 Å². The normalized spacial score (nSPS) is 20.0. The van der Waals surface area contributed by atoms with Crippen LogP contribution in [0.1, 0.15) is 80.5 Å². The summed E-state index contributed by atoms with van der Waals surface area (Å²) in [6.07, 6.45) is 7.08. The van der Waals surface area contributed by atoms with E-state index in [1.165, 1.54) is 12.1 Å². The second kappa shape index (κ2) is 11.3. The van der Waals surface area contributed by atoms with E-state index in [1.807, 2.05) is 19.1 Å². The van der Waals surface area contributed by atoms with E-state index in [1.54, 1.807) is 6.20 Å². The van der Waals surface area contributed by atoms with Crippen molar-refractivity contribution < 1.29 is 27.6 Å². The van der Waals surface area contributed by atoms with E-state index in [9.17, 15) is 18.4 Å². The first-order valence-corrected chi connectivity index (χ1v) is 15.2. The monoisotopic (exact) mass is 591 g/mol. The fourth-order valence-corrected chi connectivity index (χ4v) is 7.32. The van der Waals surface area contributed by atoms with Crippen LogP contribution < -0.4 is 0 Å². The lowest BCUT2D eigenvalue weighted by molar-refractivity contribution is -0.149. The largest absolute Gasteiger partial charge is 0.380 e. The molecule has 0 unspecified atom stereocenters. The maximum absolute atomic E-state index is 14.3. The Kier molecular flexibility index (Phi) is 7.84. The van der Waals surface area contributed by atoms with Gasteiger partial charge < -0.3 is 9.26 Å². The third-order valence-electron chi connectivity index (χ3n) is 9.84. The smallest absolute Gasteiger partial charge is 0.185 e. The summed E-state index contributed by atoms with van der Waals surface area (Å²) in [5.74, 6) is -1.55. The molecule has 4 heterocycles. The predicted molar refractivity (Wildman–Crippen MR) is 157 cm³/mol. The van der Waals surface area contributed by atoms with Crippen LogP contribution in [0.3, 0.4) is 0 Å². The number of pyridine rings is 1.